The van der Waals surface area contributed by atoms with E-state index in [9.17, 15) is 14.7 Å². The second-order valence-corrected chi connectivity index (χ2v) is 4.76. The van der Waals surface area contributed by atoms with Crippen LogP contribution in [0.5, 0.6) is 0 Å². The fourth-order valence-corrected chi connectivity index (χ4v) is 2.25. The maximum atomic E-state index is 12.2. The van der Waals surface area contributed by atoms with Gasteiger partial charge in [-0.05, 0) is 30.5 Å². The number of rotatable bonds is 4. The highest BCUT2D eigenvalue weighted by molar-refractivity contribution is 6.02. The van der Waals surface area contributed by atoms with E-state index in [0.717, 1.165) is 12.0 Å². The first-order valence-corrected chi connectivity index (χ1v) is 5.94. The molecule has 1 amide bonds. The molecule has 0 aliphatic heterocycles. The molecule has 2 rings (SSSR count). The number of hydrogen-bond donors (Lipinski definition) is 1. The summed E-state index contributed by atoms with van der Waals surface area (Å²) in [4.78, 5) is 28.9. The molecule has 0 atom stereocenters. The standard InChI is InChI=1S/C13H16N2O3/c1-15(9-10-3-7-14-8-4-10)11(16)13(12(17)18)5-2-6-13/h3-4,7-8H,2,5-6,9H2,1H3,(H,17,18). The lowest BCUT2D eigenvalue weighted by Gasteiger charge is -2.38. The van der Waals surface area contributed by atoms with Gasteiger partial charge in [-0.25, -0.2) is 0 Å². The monoisotopic (exact) mass is 248 g/mol. The largest absolute Gasteiger partial charge is 0.480 e. The zero-order chi connectivity index (χ0) is 13.2. The molecular weight excluding hydrogens is 232 g/mol. The predicted octanol–water partition coefficient (Wildman–Crippen LogP) is 1.29. The first-order chi connectivity index (χ1) is 8.56. The number of aromatic nitrogens is 1. The SMILES string of the molecule is CN(Cc1ccncc1)C(=O)C1(C(=O)O)CCC1. The minimum absolute atomic E-state index is 0.293. The van der Waals surface area contributed by atoms with Crippen LogP contribution in [0.25, 0.3) is 0 Å². The molecule has 5 heteroatoms. The zero-order valence-electron chi connectivity index (χ0n) is 10.3. The van der Waals surface area contributed by atoms with Crippen molar-refractivity contribution in [2.24, 2.45) is 5.41 Å². The number of carboxylic acid groups (broad SMARTS) is 1. The van der Waals surface area contributed by atoms with Gasteiger partial charge in [-0.2, -0.15) is 0 Å². The van der Waals surface area contributed by atoms with Gasteiger partial charge in [0, 0.05) is 26.0 Å². The topological polar surface area (TPSA) is 70.5 Å². The number of nitrogens with zero attached hydrogens (tertiary/aromatic N) is 2. The van der Waals surface area contributed by atoms with Crippen molar-refractivity contribution in [1.29, 1.82) is 0 Å². The molecule has 0 bridgehead atoms. The van der Waals surface area contributed by atoms with E-state index >= 15 is 0 Å². The summed E-state index contributed by atoms with van der Waals surface area (Å²) >= 11 is 0. The molecule has 1 aliphatic rings. The average Bonchev–Trinajstić information content (AvgIpc) is 2.28. The molecule has 1 aromatic rings. The number of aliphatic carboxylic acids is 1. The quantitative estimate of drug-likeness (QED) is 0.815. The Morgan fingerprint density at radius 3 is 2.44 bits per heavy atom. The van der Waals surface area contributed by atoms with Crippen LogP contribution in [0.2, 0.25) is 0 Å². The summed E-state index contributed by atoms with van der Waals surface area (Å²) in [5, 5.41) is 9.21. The van der Waals surface area contributed by atoms with Crippen molar-refractivity contribution in [1.82, 2.24) is 9.88 Å². The molecule has 0 spiro atoms. The van der Waals surface area contributed by atoms with E-state index in [0.29, 0.717) is 19.4 Å². The fraction of sp³-hybridized carbons (Fsp3) is 0.462. The lowest BCUT2D eigenvalue weighted by Crippen LogP contribution is -2.51. The van der Waals surface area contributed by atoms with Crippen molar-refractivity contribution in [2.45, 2.75) is 25.8 Å². The van der Waals surface area contributed by atoms with Gasteiger partial charge in [0.05, 0.1) is 0 Å². The van der Waals surface area contributed by atoms with Crippen LogP contribution in [-0.4, -0.2) is 33.9 Å². The zero-order valence-corrected chi connectivity index (χ0v) is 10.3. The Bertz CT molecular complexity index is 455. The van der Waals surface area contributed by atoms with E-state index in [1.54, 1.807) is 19.4 Å². The smallest absolute Gasteiger partial charge is 0.319 e. The van der Waals surface area contributed by atoms with Crippen molar-refractivity contribution < 1.29 is 14.7 Å². The van der Waals surface area contributed by atoms with Crippen molar-refractivity contribution in [3.8, 4) is 0 Å². The van der Waals surface area contributed by atoms with Gasteiger partial charge in [0.2, 0.25) is 5.91 Å². The molecule has 1 aromatic heterocycles. The minimum Gasteiger partial charge on any atom is -0.480 e. The summed E-state index contributed by atoms with van der Waals surface area (Å²) in [6, 6.07) is 3.63. The van der Waals surface area contributed by atoms with Crippen LogP contribution >= 0.6 is 0 Å². The molecule has 1 saturated carbocycles. The normalized spacial score (nSPS) is 16.7. The van der Waals surface area contributed by atoms with E-state index in [1.807, 2.05) is 12.1 Å². The highest BCUT2D eigenvalue weighted by Gasteiger charge is 2.52. The third kappa shape index (κ3) is 2.08. The van der Waals surface area contributed by atoms with Gasteiger partial charge in [-0.3, -0.25) is 14.6 Å². The summed E-state index contributed by atoms with van der Waals surface area (Å²) in [5.41, 5.74) is -0.234. The van der Waals surface area contributed by atoms with Gasteiger partial charge in [0.25, 0.3) is 0 Å². The highest BCUT2D eigenvalue weighted by Crippen LogP contribution is 2.42. The second kappa shape index (κ2) is 4.76. The van der Waals surface area contributed by atoms with E-state index in [1.165, 1.54) is 4.90 Å². The summed E-state index contributed by atoms with van der Waals surface area (Å²) in [6.07, 6.45) is 5.01. The summed E-state index contributed by atoms with van der Waals surface area (Å²) in [7, 11) is 1.64. The molecule has 0 saturated heterocycles. The van der Waals surface area contributed by atoms with Crippen LogP contribution in [-0.2, 0) is 16.1 Å². The van der Waals surface area contributed by atoms with Gasteiger partial charge < -0.3 is 10.0 Å². The Kier molecular flexibility index (Phi) is 3.32. The van der Waals surface area contributed by atoms with E-state index in [2.05, 4.69) is 4.98 Å². The molecule has 1 heterocycles. The molecule has 0 unspecified atom stereocenters. The molecule has 18 heavy (non-hydrogen) atoms. The first-order valence-electron chi connectivity index (χ1n) is 5.94. The van der Waals surface area contributed by atoms with Gasteiger partial charge in [0.15, 0.2) is 0 Å². The first kappa shape index (κ1) is 12.5. The minimum atomic E-state index is -1.18. The Balaban J connectivity index is 2.07. The summed E-state index contributed by atoms with van der Waals surface area (Å²) in [6.45, 7) is 0.413. The number of hydrogen-bond acceptors (Lipinski definition) is 3. The van der Waals surface area contributed by atoms with Gasteiger partial charge in [0.1, 0.15) is 5.41 Å². The van der Waals surface area contributed by atoms with Crippen LogP contribution in [0.1, 0.15) is 24.8 Å². The molecular formula is C13H16N2O3. The molecule has 1 N–H and O–H groups in total. The Labute approximate surface area is 105 Å². The number of pyridine rings is 1. The maximum Gasteiger partial charge on any atom is 0.319 e. The molecule has 0 aromatic carbocycles. The van der Waals surface area contributed by atoms with Crippen molar-refractivity contribution in [2.75, 3.05) is 7.05 Å². The highest BCUT2D eigenvalue weighted by atomic mass is 16.4. The van der Waals surface area contributed by atoms with Crippen molar-refractivity contribution in [3.05, 3.63) is 30.1 Å². The number of carboxylic acids is 1. The van der Waals surface area contributed by atoms with Crippen LogP contribution < -0.4 is 0 Å². The molecule has 1 fully saturated rings. The predicted molar refractivity (Wildman–Crippen MR) is 64.6 cm³/mol. The number of carbonyl (C=O) groups excluding carboxylic acids is 1. The van der Waals surface area contributed by atoms with E-state index in [4.69, 9.17) is 0 Å². The Morgan fingerprint density at radius 2 is 2.00 bits per heavy atom. The molecule has 5 nitrogen and oxygen atoms in total. The summed E-state index contributed by atoms with van der Waals surface area (Å²) in [5.74, 6) is -1.29. The third-order valence-electron chi connectivity index (χ3n) is 3.54. The van der Waals surface area contributed by atoms with Crippen LogP contribution in [0.15, 0.2) is 24.5 Å². The summed E-state index contributed by atoms with van der Waals surface area (Å²) < 4.78 is 0. The van der Waals surface area contributed by atoms with E-state index < -0.39 is 11.4 Å². The number of amides is 1. The van der Waals surface area contributed by atoms with Crippen LogP contribution in [0.3, 0.4) is 0 Å². The molecule has 96 valence electrons. The second-order valence-electron chi connectivity index (χ2n) is 4.76. The van der Waals surface area contributed by atoms with Crippen LogP contribution in [0.4, 0.5) is 0 Å². The lowest BCUT2D eigenvalue weighted by molar-refractivity contribution is -0.167. The van der Waals surface area contributed by atoms with Crippen molar-refractivity contribution in [3.63, 3.8) is 0 Å². The molecule has 0 radical (unpaired) electrons. The van der Waals surface area contributed by atoms with E-state index in [-0.39, 0.29) is 5.91 Å². The Hall–Kier alpha value is -1.91. The average molecular weight is 248 g/mol. The maximum absolute atomic E-state index is 12.2. The van der Waals surface area contributed by atoms with Crippen molar-refractivity contribution >= 4 is 11.9 Å². The number of carbonyl (C=O) groups is 2. The third-order valence-corrected chi connectivity index (χ3v) is 3.54. The van der Waals surface area contributed by atoms with Gasteiger partial charge in [-0.1, -0.05) is 6.42 Å². The fourth-order valence-electron chi connectivity index (χ4n) is 2.25. The van der Waals surface area contributed by atoms with Gasteiger partial charge >= 0.3 is 5.97 Å². The van der Waals surface area contributed by atoms with Gasteiger partial charge in [-0.15, -0.1) is 0 Å². The molecule has 1 aliphatic carbocycles. The lowest BCUT2D eigenvalue weighted by atomic mass is 9.68. The van der Waals surface area contributed by atoms with Crippen LogP contribution in [0, 0.1) is 5.41 Å². The Morgan fingerprint density at radius 1 is 1.39 bits per heavy atom.